The second-order valence-corrected chi connectivity index (χ2v) is 13.7. The summed E-state index contributed by atoms with van der Waals surface area (Å²) in [5.74, 6) is -0.0284. The van der Waals surface area contributed by atoms with Gasteiger partial charge in [-0.15, -0.1) is 11.3 Å². The number of rotatable bonds is 6. The van der Waals surface area contributed by atoms with Crippen molar-refractivity contribution < 1.29 is 19.4 Å². The number of ether oxygens (including phenoxy) is 1. The number of phenols is 1. The molecule has 1 aliphatic rings. The molecule has 1 saturated carbocycles. The van der Waals surface area contributed by atoms with Crippen LogP contribution in [0.3, 0.4) is 0 Å². The number of aromatic nitrogens is 1. The van der Waals surface area contributed by atoms with Gasteiger partial charge in [0, 0.05) is 58.8 Å². The quantitative estimate of drug-likeness (QED) is 0.234. The monoisotopic (exact) mass is 619 g/mol. The van der Waals surface area contributed by atoms with Gasteiger partial charge in [-0.1, -0.05) is 41.9 Å². The third kappa shape index (κ3) is 6.97. The molecule has 0 saturated heterocycles. The van der Waals surface area contributed by atoms with Gasteiger partial charge in [0.2, 0.25) is 0 Å². The van der Waals surface area contributed by atoms with Crippen LogP contribution in [0.2, 0.25) is 5.02 Å². The van der Waals surface area contributed by atoms with Crippen molar-refractivity contribution in [2.75, 3.05) is 7.05 Å². The first-order valence-corrected chi connectivity index (χ1v) is 15.8. The molecule has 1 fully saturated rings. The highest BCUT2D eigenvalue weighted by Gasteiger charge is 2.35. The van der Waals surface area contributed by atoms with Crippen molar-refractivity contribution in [3.05, 3.63) is 82.0 Å². The van der Waals surface area contributed by atoms with E-state index in [0.717, 1.165) is 39.7 Å². The van der Waals surface area contributed by atoms with Gasteiger partial charge in [-0.25, -0.2) is 4.79 Å². The van der Waals surface area contributed by atoms with E-state index in [1.807, 2.05) is 87.3 Å². The molecule has 7 nitrogen and oxygen atoms in total. The molecule has 2 heterocycles. The molecule has 0 bridgehead atoms. The van der Waals surface area contributed by atoms with Gasteiger partial charge in [0.25, 0.3) is 5.91 Å². The van der Waals surface area contributed by atoms with Gasteiger partial charge in [0.15, 0.2) is 0 Å². The summed E-state index contributed by atoms with van der Waals surface area (Å²) in [6.07, 6.45) is 4.33. The second kappa shape index (κ2) is 12.5. The van der Waals surface area contributed by atoms with Crippen molar-refractivity contribution in [3.63, 3.8) is 0 Å². The van der Waals surface area contributed by atoms with Crippen LogP contribution in [0.5, 0.6) is 5.75 Å². The molecule has 2 aromatic carbocycles. The molecular weight excluding hydrogens is 582 g/mol. The van der Waals surface area contributed by atoms with Gasteiger partial charge in [-0.2, -0.15) is 0 Å². The maximum Gasteiger partial charge on any atom is 0.410 e. The number of amides is 2. The third-order valence-electron chi connectivity index (χ3n) is 7.99. The molecule has 4 aromatic rings. The Labute approximate surface area is 262 Å². The number of hydrogen-bond acceptors (Lipinski definition) is 6. The number of carbonyl (C=O) groups excluding carboxylic acids is 2. The number of aryl methyl sites for hydroxylation is 1. The maximum absolute atomic E-state index is 14.3. The van der Waals surface area contributed by atoms with Crippen LogP contribution in [0.25, 0.3) is 21.2 Å². The second-order valence-electron chi connectivity index (χ2n) is 12.3. The minimum atomic E-state index is -0.569. The summed E-state index contributed by atoms with van der Waals surface area (Å²) in [4.78, 5) is 35.5. The van der Waals surface area contributed by atoms with E-state index in [1.165, 1.54) is 11.3 Å². The molecular formula is C34H38ClN3O4S. The fraction of sp³-hybridized carbons (Fsp3) is 0.382. The van der Waals surface area contributed by atoms with Gasteiger partial charge >= 0.3 is 6.09 Å². The smallest absolute Gasteiger partial charge is 0.410 e. The first-order valence-electron chi connectivity index (χ1n) is 14.6. The molecule has 0 atom stereocenters. The van der Waals surface area contributed by atoms with E-state index in [4.69, 9.17) is 16.3 Å². The number of benzene rings is 2. The Morgan fingerprint density at radius 3 is 2.35 bits per heavy atom. The van der Waals surface area contributed by atoms with Gasteiger partial charge in [0.05, 0.1) is 5.02 Å². The van der Waals surface area contributed by atoms with Crippen molar-refractivity contribution in [3.8, 4) is 16.9 Å². The average Bonchev–Trinajstić information content (AvgIpc) is 3.32. The Morgan fingerprint density at radius 2 is 1.70 bits per heavy atom. The maximum atomic E-state index is 14.3. The molecule has 0 unspecified atom stereocenters. The molecule has 0 aliphatic heterocycles. The minimum absolute atomic E-state index is 0.0155. The highest BCUT2D eigenvalue weighted by atomic mass is 35.5. The summed E-state index contributed by atoms with van der Waals surface area (Å²) < 4.78 is 6.54. The number of thiophene rings is 1. The van der Waals surface area contributed by atoms with Crippen molar-refractivity contribution in [2.24, 2.45) is 0 Å². The highest BCUT2D eigenvalue weighted by molar-refractivity contribution is 7.21. The zero-order valence-electron chi connectivity index (χ0n) is 25.3. The standard InChI is InChI=1S/C34H38ClN3O4S/c1-21-10-11-23(19-36-21)22-12-17-28(39)24(18-22)20-38(32(40)31-30(35)27-8-6-7-9-29(27)43-31)26-15-13-25(14-16-26)37(5)33(41)42-34(2,3)4/h6-12,17-19,25-26,39H,13-16,20H2,1-5H3/t25-,26-. The molecule has 0 radical (unpaired) electrons. The van der Waals surface area contributed by atoms with Crippen LogP contribution in [0.15, 0.2) is 60.8 Å². The predicted octanol–water partition coefficient (Wildman–Crippen LogP) is 8.45. The number of pyridine rings is 1. The number of phenolic OH excluding ortho intramolecular Hbond substituents is 1. The highest BCUT2D eigenvalue weighted by Crippen LogP contribution is 2.38. The number of hydrogen-bond donors (Lipinski definition) is 1. The normalized spacial score (nSPS) is 17.1. The molecule has 1 N–H and O–H groups in total. The van der Waals surface area contributed by atoms with E-state index in [1.54, 1.807) is 18.0 Å². The fourth-order valence-electron chi connectivity index (χ4n) is 5.60. The van der Waals surface area contributed by atoms with Crippen molar-refractivity contribution >= 4 is 45.0 Å². The van der Waals surface area contributed by atoms with E-state index in [2.05, 4.69) is 4.98 Å². The fourth-order valence-corrected chi connectivity index (χ4v) is 7.07. The topological polar surface area (TPSA) is 83.0 Å². The molecule has 1 aliphatic carbocycles. The zero-order valence-corrected chi connectivity index (χ0v) is 26.8. The number of nitrogens with zero attached hydrogens (tertiary/aromatic N) is 3. The number of carbonyl (C=O) groups is 2. The number of fused-ring (bicyclic) bond motifs is 1. The van der Waals surface area contributed by atoms with Gasteiger partial charge < -0.3 is 19.6 Å². The summed E-state index contributed by atoms with van der Waals surface area (Å²) in [5, 5.41) is 12.2. The van der Waals surface area contributed by atoms with Crippen molar-refractivity contribution in [2.45, 2.75) is 77.6 Å². The molecule has 2 amide bonds. The Morgan fingerprint density at radius 1 is 1.02 bits per heavy atom. The van der Waals surface area contributed by atoms with E-state index >= 15 is 0 Å². The number of aromatic hydroxyl groups is 1. The van der Waals surface area contributed by atoms with Crippen LogP contribution in [-0.2, 0) is 11.3 Å². The lowest BCUT2D eigenvalue weighted by atomic mass is 9.89. The lowest BCUT2D eigenvalue weighted by Gasteiger charge is -2.40. The minimum Gasteiger partial charge on any atom is -0.508 e. The van der Waals surface area contributed by atoms with E-state index in [9.17, 15) is 14.7 Å². The van der Waals surface area contributed by atoms with Crippen LogP contribution in [0.1, 0.15) is 67.4 Å². The Bertz CT molecular complexity index is 1620. The average molecular weight is 620 g/mol. The SMILES string of the molecule is Cc1ccc(-c2ccc(O)c(CN(C(=O)c3sc4ccccc4c3Cl)[C@H]3CC[C@H](N(C)C(=O)OC(C)(C)C)CC3)c2)cn1. The lowest BCUT2D eigenvalue weighted by molar-refractivity contribution is 0.0144. The Balaban J connectivity index is 1.43. The van der Waals surface area contributed by atoms with Crippen LogP contribution >= 0.6 is 22.9 Å². The first kappa shape index (κ1) is 30.8. The van der Waals surface area contributed by atoms with Crippen molar-refractivity contribution in [1.29, 1.82) is 0 Å². The zero-order chi connectivity index (χ0) is 30.9. The van der Waals surface area contributed by atoms with Crippen LogP contribution in [0, 0.1) is 6.92 Å². The van der Waals surface area contributed by atoms with Crippen LogP contribution in [0.4, 0.5) is 4.79 Å². The van der Waals surface area contributed by atoms with Crippen LogP contribution in [-0.4, -0.2) is 56.6 Å². The molecule has 9 heteroatoms. The molecule has 2 aromatic heterocycles. The van der Waals surface area contributed by atoms with E-state index in [0.29, 0.717) is 28.3 Å². The molecule has 0 spiro atoms. The first-order chi connectivity index (χ1) is 20.4. The van der Waals surface area contributed by atoms with E-state index < -0.39 is 5.60 Å². The molecule has 226 valence electrons. The predicted molar refractivity (Wildman–Crippen MR) is 173 cm³/mol. The number of halogens is 1. The third-order valence-corrected chi connectivity index (χ3v) is 9.65. The summed E-state index contributed by atoms with van der Waals surface area (Å²) in [6, 6.07) is 17.1. The van der Waals surface area contributed by atoms with Gasteiger partial charge in [-0.05, 0) is 83.2 Å². The summed E-state index contributed by atoms with van der Waals surface area (Å²) in [6.45, 7) is 7.74. The van der Waals surface area contributed by atoms with Gasteiger partial charge in [0.1, 0.15) is 16.2 Å². The largest absolute Gasteiger partial charge is 0.508 e. The molecule has 5 rings (SSSR count). The van der Waals surface area contributed by atoms with Gasteiger partial charge in [-0.3, -0.25) is 9.78 Å². The molecule has 43 heavy (non-hydrogen) atoms. The summed E-state index contributed by atoms with van der Waals surface area (Å²) in [5.41, 5.74) is 2.85. The van der Waals surface area contributed by atoms with Crippen molar-refractivity contribution in [1.82, 2.24) is 14.8 Å². The summed E-state index contributed by atoms with van der Waals surface area (Å²) in [7, 11) is 1.78. The van der Waals surface area contributed by atoms with E-state index in [-0.39, 0.29) is 36.4 Å². The Kier molecular flexibility index (Phi) is 8.99. The lowest BCUT2D eigenvalue weighted by Crippen LogP contribution is -2.47. The Hall–Kier alpha value is -3.62. The summed E-state index contributed by atoms with van der Waals surface area (Å²) >= 11 is 8.18. The van der Waals surface area contributed by atoms with Crippen LogP contribution < -0.4 is 0 Å².